The minimum atomic E-state index is -0.385. The quantitative estimate of drug-likeness (QED) is 0.607. The van der Waals surface area contributed by atoms with Crippen LogP contribution in [-0.2, 0) is 13.5 Å². The first-order chi connectivity index (χ1) is 9.01. The maximum absolute atomic E-state index is 13.4. The van der Waals surface area contributed by atoms with Crippen molar-refractivity contribution in [2.75, 3.05) is 0 Å². The Hall–Kier alpha value is -2.34. The summed E-state index contributed by atoms with van der Waals surface area (Å²) in [4.78, 5) is 0. The van der Waals surface area contributed by atoms with E-state index >= 15 is 0 Å². The smallest absolute Gasteiger partial charge is 0.138 e. The molecule has 2 nitrogen and oxygen atoms in total. The maximum Gasteiger partial charge on any atom is 0.138 e. The number of rotatable bonds is 3. The maximum atomic E-state index is 13.4. The lowest BCUT2D eigenvalue weighted by atomic mass is 10.1. The zero-order valence-corrected chi connectivity index (χ0v) is 11.1. The SMILES string of the molecule is C#Cc1cc(-c2cc(CC(=C)C)n(C)n2)ccc1F. The van der Waals surface area contributed by atoms with Crippen LogP contribution in [0.5, 0.6) is 0 Å². The lowest BCUT2D eigenvalue weighted by Crippen LogP contribution is -1.98. The van der Waals surface area contributed by atoms with Gasteiger partial charge in [-0.25, -0.2) is 4.39 Å². The van der Waals surface area contributed by atoms with Crippen LogP contribution in [0, 0.1) is 18.2 Å². The summed E-state index contributed by atoms with van der Waals surface area (Å²) in [7, 11) is 1.88. The molecular weight excluding hydrogens is 239 g/mol. The fraction of sp³-hybridized carbons (Fsp3) is 0.188. The molecule has 0 unspecified atom stereocenters. The van der Waals surface area contributed by atoms with E-state index in [-0.39, 0.29) is 11.4 Å². The van der Waals surface area contributed by atoms with Crippen molar-refractivity contribution in [1.29, 1.82) is 0 Å². The molecule has 0 saturated heterocycles. The van der Waals surface area contributed by atoms with Crippen LogP contribution in [0.25, 0.3) is 11.3 Å². The zero-order chi connectivity index (χ0) is 14.0. The van der Waals surface area contributed by atoms with Crippen LogP contribution >= 0.6 is 0 Å². The van der Waals surface area contributed by atoms with Gasteiger partial charge in [0.2, 0.25) is 0 Å². The summed E-state index contributed by atoms with van der Waals surface area (Å²) in [6.07, 6.45) is 6.04. The van der Waals surface area contributed by atoms with Gasteiger partial charge in [0.1, 0.15) is 5.82 Å². The van der Waals surface area contributed by atoms with Gasteiger partial charge in [-0.2, -0.15) is 5.10 Å². The molecule has 0 aliphatic heterocycles. The summed E-state index contributed by atoms with van der Waals surface area (Å²) in [5, 5.41) is 4.42. The van der Waals surface area contributed by atoms with E-state index in [1.807, 2.05) is 24.7 Å². The second-order valence-electron chi connectivity index (χ2n) is 4.62. The van der Waals surface area contributed by atoms with Crippen molar-refractivity contribution in [2.24, 2.45) is 7.05 Å². The number of allylic oxidation sites excluding steroid dienone is 1. The Balaban J connectivity index is 2.43. The molecule has 0 spiro atoms. The van der Waals surface area contributed by atoms with Gasteiger partial charge in [-0.05, 0) is 31.2 Å². The lowest BCUT2D eigenvalue weighted by molar-refractivity contribution is 0.624. The summed E-state index contributed by atoms with van der Waals surface area (Å²) in [6, 6.07) is 6.67. The highest BCUT2D eigenvalue weighted by atomic mass is 19.1. The van der Waals surface area contributed by atoms with Crippen molar-refractivity contribution in [2.45, 2.75) is 13.3 Å². The molecule has 2 rings (SSSR count). The van der Waals surface area contributed by atoms with Crippen molar-refractivity contribution < 1.29 is 4.39 Å². The van der Waals surface area contributed by atoms with E-state index in [1.165, 1.54) is 6.07 Å². The molecule has 1 aromatic heterocycles. The van der Waals surface area contributed by atoms with Crippen LogP contribution in [0.15, 0.2) is 36.4 Å². The highest BCUT2D eigenvalue weighted by Gasteiger charge is 2.09. The number of terminal acetylenes is 1. The first-order valence-electron chi connectivity index (χ1n) is 5.95. The minimum absolute atomic E-state index is 0.254. The molecule has 0 N–H and O–H groups in total. The highest BCUT2D eigenvalue weighted by molar-refractivity contribution is 5.62. The molecule has 1 heterocycles. The first-order valence-corrected chi connectivity index (χ1v) is 5.95. The number of halogens is 1. The monoisotopic (exact) mass is 254 g/mol. The molecule has 1 aromatic carbocycles. The second kappa shape index (κ2) is 5.11. The van der Waals surface area contributed by atoms with Gasteiger partial charge in [-0.15, -0.1) is 6.42 Å². The number of aryl methyl sites for hydroxylation is 1. The fourth-order valence-corrected chi connectivity index (χ4v) is 1.92. The van der Waals surface area contributed by atoms with Crippen LogP contribution in [-0.4, -0.2) is 9.78 Å². The van der Waals surface area contributed by atoms with Crippen molar-refractivity contribution in [3.63, 3.8) is 0 Å². The topological polar surface area (TPSA) is 17.8 Å². The molecule has 0 fully saturated rings. The Labute approximate surface area is 112 Å². The van der Waals surface area contributed by atoms with Gasteiger partial charge in [0.15, 0.2) is 0 Å². The summed E-state index contributed by atoms with van der Waals surface area (Å²) in [5.74, 6) is 1.95. The fourth-order valence-electron chi connectivity index (χ4n) is 1.92. The average molecular weight is 254 g/mol. The number of nitrogens with zero attached hydrogens (tertiary/aromatic N) is 2. The van der Waals surface area contributed by atoms with Crippen molar-refractivity contribution in [1.82, 2.24) is 9.78 Å². The molecule has 0 radical (unpaired) electrons. The largest absolute Gasteiger partial charge is 0.272 e. The van der Waals surface area contributed by atoms with Gasteiger partial charge >= 0.3 is 0 Å². The van der Waals surface area contributed by atoms with Gasteiger partial charge in [-0.1, -0.05) is 18.1 Å². The van der Waals surface area contributed by atoms with E-state index < -0.39 is 0 Å². The van der Waals surface area contributed by atoms with Crippen LogP contribution in [0.4, 0.5) is 4.39 Å². The van der Waals surface area contributed by atoms with Crippen molar-refractivity contribution in [3.8, 4) is 23.6 Å². The van der Waals surface area contributed by atoms with Crippen molar-refractivity contribution in [3.05, 3.63) is 53.5 Å². The van der Waals surface area contributed by atoms with Crippen LogP contribution in [0.1, 0.15) is 18.2 Å². The Bertz CT molecular complexity index is 675. The third-order valence-electron chi connectivity index (χ3n) is 2.88. The van der Waals surface area contributed by atoms with E-state index in [9.17, 15) is 4.39 Å². The highest BCUT2D eigenvalue weighted by Crippen LogP contribution is 2.22. The number of aromatic nitrogens is 2. The Morgan fingerprint density at radius 1 is 1.47 bits per heavy atom. The minimum Gasteiger partial charge on any atom is -0.272 e. The van der Waals surface area contributed by atoms with Gasteiger partial charge < -0.3 is 0 Å². The predicted octanol–water partition coefficient (Wildman–Crippen LogP) is 3.33. The number of benzene rings is 1. The molecule has 0 amide bonds. The summed E-state index contributed by atoms with van der Waals surface area (Å²) >= 11 is 0. The Morgan fingerprint density at radius 3 is 2.84 bits per heavy atom. The summed E-state index contributed by atoms with van der Waals surface area (Å²) in [6.45, 7) is 5.87. The summed E-state index contributed by atoms with van der Waals surface area (Å²) < 4.78 is 15.2. The molecule has 0 atom stereocenters. The number of hydrogen-bond acceptors (Lipinski definition) is 1. The first kappa shape index (κ1) is 13.1. The molecule has 0 aliphatic carbocycles. The molecule has 3 heteroatoms. The molecule has 96 valence electrons. The van der Waals surface area contributed by atoms with Crippen LogP contribution < -0.4 is 0 Å². The van der Waals surface area contributed by atoms with E-state index in [1.54, 1.807) is 12.1 Å². The Kier molecular flexibility index (Phi) is 3.52. The van der Waals surface area contributed by atoms with E-state index in [0.717, 1.165) is 28.9 Å². The van der Waals surface area contributed by atoms with Crippen LogP contribution in [0.3, 0.4) is 0 Å². The number of hydrogen-bond donors (Lipinski definition) is 0. The third-order valence-corrected chi connectivity index (χ3v) is 2.88. The van der Waals surface area contributed by atoms with E-state index in [0.29, 0.717) is 0 Å². The Morgan fingerprint density at radius 2 is 2.21 bits per heavy atom. The van der Waals surface area contributed by atoms with Crippen LogP contribution in [0.2, 0.25) is 0 Å². The third kappa shape index (κ3) is 2.74. The normalized spacial score (nSPS) is 10.2. The van der Waals surface area contributed by atoms with E-state index in [2.05, 4.69) is 17.6 Å². The second-order valence-corrected chi connectivity index (χ2v) is 4.62. The van der Waals surface area contributed by atoms with Gasteiger partial charge in [0, 0.05) is 24.7 Å². The zero-order valence-electron chi connectivity index (χ0n) is 11.1. The summed E-state index contributed by atoms with van der Waals surface area (Å²) in [5.41, 5.74) is 3.99. The molecular formula is C16H15FN2. The van der Waals surface area contributed by atoms with Gasteiger partial charge in [-0.3, -0.25) is 4.68 Å². The van der Waals surface area contributed by atoms with E-state index in [4.69, 9.17) is 6.42 Å². The standard InChI is InChI=1S/C16H15FN2/c1-5-12-9-13(6-7-15(12)17)16-10-14(8-11(2)3)19(4)18-16/h1,6-7,9-10H,2,8H2,3-4H3. The van der Waals surface area contributed by atoms with Crippen molar-refractivity contribution >= 4 is 0 Å². The van der Waals surface area contributed by atoms with Gasteiger partial charge in [0.05, 0.1) is 11.3 Å². The molecule has 19 heavy (non-hydrogen) atoms. The molecule has 2 aromatic rings. The van der Waals surface area contributed by atoms with Gasteiger partial charge in [0.25, 0.3) is 0 Å². The molecule has 0 bridgehead atoms. The molecule has 0 saturated carbocycles. The molecule has 0 aliphatic rings. The average Bonchev–Trinajstić information content (AvgIpc) is 2.71. The predicted molar refractivity (Wildman–Crippen MR) is 75.1 cm³/mol. The lowest BCUT2D eigenvalue weighted by Gasteiger charge is -1.99.